The smallest absolute Gasteiger partial charge is 0.266 e. The molecule has 0 aliphatic rings. The molecule has 0 spiro atoms. The molecule has 0 bridgehead atoms. The largest absolute Gasteiger partial charge is 0.299 e. The number of benzene rings is 3. The van der Waals surface area contributed by atoms with Gasteiger partial charge in [0, 0.05) is 5.39 Å². The van der Waals surface area contributed by atoms with Crippen molar-refractivity contribution < 1.29 is 12.6 Å². The van der Waals surface area contributed by atoms with Crippen molar-refractivity contribution in [1.82, 2.24) is 0 Å². The van der Waals surface area contributed by atoms with Gasteiger partial charge in [0.1, 0.15) is 4.90 Å². The van der Waals surface area contributed by atoms with Gasteiger partial charge < -0.3 is 0 Å². The van der Waals surface area contributed by atoms with Gasteiger partial charge >= 0.3 is 0 Å². The summed E-state index contributed by atoms with van der Waals surface area (Å²) in [5, 5.41) is 3.65. The highest BCUT2D eigenvalue weighted by Crippen LogP contribution is 2.35. The van der Waals surface area contributed by atoms with E-state index in [9.17, 15) is 8.42 Å². The van der Waals surface area contributed by atoms with Gasteiger partial charge in [0.25, 0.3) is 10.1 Å². The molecule has 0 saturated heterocycles. The molecule has 114 valence electrons. The number of rotatable bonds is 4. The molecule has 3 rings (SSSR count). The highest BCUT2D eigenvalue weighted by Gasteiger charge is 2.22. The average Bonchev–Trinajstić information content (AvgIpc) is 2.52. The lowest BCUT2D eigenvalue weighted by molar-refractivity contribution is 0.318. The van der Waals surface area contributed by atoms with E-state index in [0.717, 1.165) is 16.2 Å². The van der Waals surface area contributed by atoms with E-state index in [0.29, 0.717) is 11.8 Å². The first-order valence-electron chi connectivity index (χ1n) is 7.04. The molecular weight excluding hydrogens is 320 g/mol. The van der Waals surface area contributed by atoms with E-state index in [2.05, 4.69) is 0 Å². The van der Waals surface area contributed by atoms with Gasteiger partial charge in [-0.15, -0.1) is 0 Å². The third-order valence-corrected chi connectivity index (χ3v) is 5.36. The van der Waals surface area contributed by atoms with Crippen molar-refractivity contribution >= 4 is 43.3 Å². The van der Waals surface area contributed by atoms with Gasteiger partial charge in [-0.25, -0.2) is 0 Å². The topological polar surface area (TPSA) is 43.4 Å². The van der Waals surface area contributed by atoms with Gasteiger partial charge in [0.15, 0.2) is 0 Å². The highest BCUT2D eigenvalue weighted by molar-refractivity contribution is 7.87. The maximum absolute atomic E-state index is 12.5. The molecule has 22 heavy (non-hydrogen) atoms. The third-order valence-electron chi connectivity index (χ3n) is 3.52. The molecule has 5 heteroatoms. The van der Waals surface area contributed by atoms with Crippen LogP contribution in [0.2, 0.25) is 5.02 Å². The molecular formula is C17H15ClO3S. The lowest BCUT2D eigenvalue weighted by Crippen LogP contribution is -2.08. The average molecular weight is 335 g/mol. The lowest BCUT2D eigenvalue weighted by Gasteiger charge is -2.11. The van der Waals surface area contributed by atoms with E-state index in [4.69, 9.17) is 15.8 Å². The Balaban J connectivity index is 2.35. The Hall–Kier alpha value is -1.62. The summed E-state index contributed by atoms with van der Waals surface area (Å²) in [7, 11) is -3.88. The maximum atomic E-state index is 12.5. The quantitative estimate of drug-likeness (QED) is 0.510. The van der Waals surface area contributed by atoms with Crippen LogP contribution in [0, 0.1) is 0 Å². The molecule has 3 aromatic rings. The first-order valence-corrected chi connectivity index (χ1v) is 8.82. The summed E-state index contributed by atoms with van der Waals surface area (Å²) < 4.78 is 30.0. The molecule has 0 aliphatic carbocycles. The first-order chi connectivity index (χ1) is 10.5. The van der Waals surface area contributed by atoms with Crippen molar-refractivity contribution in [3.05, 3.63) is 53.6 Å². The van der Waals surface area contributed by atoms with E-state index in [1.807, 2.05) is 43.3 Å². The second-order valence-corrected chi connectivity index (χ2v) is 6.99. The van der Waals surface area contributed by atoms with Gasteiger partial charge in [-0.3, -0.25) is 4.18 Å². The van der Waals surface area contributed by atoms with E-state index in [1.54, 1.807) is 12.1 Å². The third kappa shape index (κ3) is 2.58. The van der Waals surface area contributed by atoms with Gasteiger partial charge in [-0.1, -0.05) is 61.0 Å². The molecule has 0 N–H and O–H groups in total. The van der Waals surface area contributed by atoms with Gasteiger partial charge in [-0.05, 0) is 28.6 Å². The van der Waals surface area contributed by atoms with Crippen molar-refractivity contribution in [2.24, 2.45) is 0 Å². The lowest BCUT2D eigenvalue weighted by atomic mass is 10.0. The van der Waals surface area contributed by atoms with Crippen LogP contribution in [-0.2, 0) is 14.3 Å². The Morgan fingerprint density at radius 2 is 1.68 bits per heavy atom. The number of fused-ring (bicyclic) bond motifs is 3. The van der Waals surface area contributed by atoms with E-state index < -0.39 is 10.1 Å². The van der Waals surface area contributed by atoms with Crippen LogP contribution in [0.1, 0.15) is 13.3 Å². The summed E-state index contributed by atoms with van der Waals surface area (Å²) in [5.74, 6) is 0. The second-order valence-electron chi connectivity index (χ2n) is 5.03. The molecule has 3 nitrogen and oxygen atoms in total. The van der Waals surface area contributed by atoms with Crippen molar-refractivity contribution in [3.8, 4) is 0 Å². The van der Waals surface area contributed by atoms with Gasteiger partial charge in [0.05, 0.1) is 11.6 Å². The molecule has 0 atom stereocenters. The van der Waals surface area contributed by atoms with Crippen LogP contribution in [0.4, 0.5) is 0 Å². The molecule has 0 aliphatic heterocycles. The van der Waals surface area contributed by atoms with Crippen LogP contribution in [0.25, 0.3) is 21.5 Å². The summed E-state index contributed by atoms with van der Waals surface area (Å²) in [6.45, 7) is 2.00. The zero-order valence-corrected chi connectivity index (χ0v) is 13.6. The SMILES string of the molecule is CCCOS(=O)(=O)c1c(Cl)ccc2c1ccc1ccccc12. The van der Waals surface area contributed by atoms with Crippen LogP contribution >= 0.6 is 11.6 Å². The Morgan fingerprint density at radius 3 is 2.45 bits per heavy atom. The summed E-state index contributed by atoms with van der Waals surface area (Å²) in [5.41, 5.74) is 0. The second kappa shape index (κ2) is 5.88. The van der Waals surface area contributed by atoms with Gasteiger partial charge in [0.2, 0.25) is 0 Å². The van der Waals surface area contributed by atoms with E-state index >= 15 is 0 Å². The molecule has 0 radical (unpaired) electrons. The molecule has 0 aromatic heterocycles. The highest BCUT2D eigenvalue weighted by atomic mass is 35.5. The molecule has 3 aromatic carbocycles. The standard InChI is InChI=1S/C17H15ClO3S/c1-2-11-21-22(19,20)17-15-8-7-12-5-3-4-6-13(12)14(15)9-10-16(17)18/h3-10H,2,11H2,1H3. The molecule has 0 fully saturated rings. The first kappa shape index (κ1) is 15.3. The van der Waals surface area contributed by atoms with Crippen LogP contribution < -0.4 is 0 Å². The summed E-state index contributed by atoms with van der Waals surface area (Å²) >= 11 is 6.16. The zero-order valence-electron chi connectivity index (χ0n) is 12.0. The van der Waals surface area contributed by atoms with E-state index in [1.165, 1.54) is 0 Å². The minimum atomic E-state index is -3.88. The minimum Gasteiger partial charge on any atom is -0.266 e. The van der Waals surface area contributed by atoms with Crippen molar-refractivity contribution in [2.45, 2.75) is 18.2 Å². The predicted octanol–water partition coefficient (Wildman–Crippen LogP) is 4.76. The van der Waals surface area contributed by atoms with E-state index in [-0.39, 0.29) is 16.5 Å². The van der Waals surface area contributed by atoms with Gasteiger partial charge in [-0.2, -0.15) is 8.42 Å². The summed E-state index contributed by atoms with van der Waals surface area (Å²) in [6, 6.07) is 15.0. The minimum absolute atomic E-state index is 0.0471. The van der Waals surface area contributed by atoms with Crippen LogP contribution in [0.3, 0.4) is 0 Å². The molecule has 0 heterocycles. The number of halogens is 1. The Labute approximate surface area is 134 Å². The Kier molecular flexibility index (Phi) is 4.08. The zero-order chi connectivity index (χ0) is 15.7. The number of hydrogen-bond donors (Lipinski definition) is 0. The van der Waals surface area contributed by atoms with Crippen LogP contribution in [-0.4, -0.2) is 15.0 Å². The van der Waals surface area contributed by atoms with Crippen LogP contribution in [0.5, 0.6) is 0 Å². The fourth-order valence-electron chi connectivity index (χ4n) is 2.54. The normalized spacial score (nSPS) is 12.1. The summed E-state index contributed by atoms with van der Waals surface area (Å²) in [4.78, 5) is 0.0471. The van der Waals surface area contributed by atoms with Crippen molar-refractivity contribution in [2.75, 3.05) is 6.61 Å². The van der Waals surface area contributed by atoms with Crippen LogP contribution in [0.15, 0.2) is 53.4 Å². The monoisotopic (exact) mass is 334 g/mol. The maximum Gasteiger partial charge on any atom is 0.299 e. The summed E-state index contributed by atoms with van der Waals surface area (Å²) in [6.07, 6.45) is 0.616. The molecule has 0 unspecified atom stereocenters. The Bertz CT molecular complexity index is 949. The predicted molar refractivity (Wildman–Crippen MR) is 89.9 cm³/mol. The Morgan fingerprint density at radius 1 is 0.955 bits per heavy atom. The van der Waals surface area contributed by atoms with Crippen molar-refractivity contribution in [3.63, 3.8) is 0 Å². The number of hydrogen-bond acceptors (Lipinski definition) is 3. The fraction of sp³-hybridized carbons (Fsp3) is 0.176. The molecule has 0 amide bonds. The van der Waals surface area contributed by atoms with Crippen molar-refractivity contribution in [1.29, 1.82) is 0 Å². The molecule has 0 saturated carbocycles. The fourth-order valence-corrected chi connectivity index (χ4v) is 4.25.